The van der Waals surface area contributed by atoms with Crippen LogP contribution in [0.1, 0.15) is 49.4 Å². The minimum Gasteiger partial charge on any atom is -0.351 e. The van der Waals surface area contributed by atoms with E-state index in [1.54, 1.807) is 4.68 Å². The van der Waals surface area contributed by atoms with Crippen molar-refractivity contribution >= 4 is 17.5 Å². The van der Waals surface area contributed by atoms with Crippen molar-refractivity contribution in [3.63, 3.8) is 0 Å². The predicted octanol–water partition coefficient (Wildman–Crippen LogP) is 1.38. The summed E-state index contributed by atoms with van der Waals surface area (Å²) in [5, 5.41) is 14.7. The van der Waals surface area contributed by atoms with Crippen molar-refractivity contribution in [2.45, 2.75) is 51.1 Å². The van der Waals surface area contributed by atoms with E-state index in [0.29, 0.717) is 18.8 Å². The second-order valence-electron chi connectivity index (χ2n) is 6.84. The van der Waals surface area contributed by atoms with Crippen LogP contribution in [0.25, 0.3) is 0 Å². The number of anilines is 1. The minimum absolute atomic E-state index is 0.0400. The van der Waals surface area contributed by atoms with Gasteiger partial charge < -0.3 is 10.2 Å². The molecule has 2 aliphatic heterocycles. The molecule has 1 fully saturated rings. The fourth-order valence-electron chi connectivity index (χ4n) is 3.64. The van der Waals surface area contributed by atoms with E-state index < -0.39 is 0 Å². The molecule has 1 N–H and O–H groups in total. The van der Waals surface area contributed by atoms with Crippen molar-refractivity contribution in [2.24, 2.45) is 0 Å². The second kappa shape index (κ2) is 7.23. The summed E-state index contributed by atoms with van der Waals surface area (Å²) >= 11 is 0. The standard InChI is InChI=1S/C18H22N6O2/c25-16-5-3-10-23(16)14-8-6-13(7-9-14)12-19-18(26)15-4-1-2-11-24-17(15)20-21-22-24/h6-9,15H,1-5,10-12H2,(H,19,26). The van der Waals surface area contributed by atoms with Gasteiger partial charge in [-0.25, -0.2) is 4.68 Å². The molecule has 0 radical (unpaired) electrons. The van der Waals surface area contributed by atoms with Gasteiger partial charge in [-0.15, -0.1) is 5.10 Å². The highest BCUT2D eigenvalue weighted by atomic mass is 16.2. The summed E-state index contributed by atoms with van der Waals surface area (Å²) in [6, 6.07) is 7.80. The Bertz CT molecular complexity index is 800. The summed E-state index contributed by atoms with van der Waals surface area (Å²) in [5.74, 6) is 0.496. The van der Waals surface area contributed by atoms with E-state index in [0.717, 1.165) is 50.0 Å². The molecule has 1 aromatic carbocycles. The first-order chi connectivity index (χ1) is 12.7. The molecule has 2 aromatic rings. The van der Waals surface area contributed by atoms with E-state index in [9.17, 15) is 9.59 Å². The Morgan fingerprint density at radius 1 is 1.15 bits per heavy atom. The van der Waals surface area contributed by atoms with Gasteiger partial charge in [0, 0.05) is 31.7 Å². The number of carbonyl (C=O) groups is 2. The van der Waals surface area contributed by atoms with Gasteiger partial charge in [0.1, 0.15) is 0 Å². The highest BCUT2D eigenvalue weighted by Gasteiger charge is 2.28. The van der Waals surface area contributed by atoms with Gasteiger partial charge in [-0.3, -0.25) is 9.59 Å². The van der Waals surface area contributed by atoms with Crippen molar-refractivity contribution in [1.82, 2.24) is 25.5 Å². The molecule has 136 valence electrons. The molecule has 8 nitrogen and oxygen atoms in total. The average Bonchev–Trinajstić information content (AvgIpc) is 3.25. The molecule has 0 spiro atoms. The molecule has 4 rings (SSSR count). The third kappa shape index (κ3) is 3.31. The van der Waals surface area contributed by atoms with Crippen LogP contribution < -0.4 is 10.2 Å². The van der Waals surface area contributed by atoms with E-state index in [1.807, 2.05) is 29.2 Å². The van der Waals surface area contributed by atoms with Crippen LogP contribution in [0.3, 0.4) is 0 Å². The van der Waals surface area contributed by atoms with Gasteiger partial charge in [-0.2, -0.15) is 0 Å². The summed E-state index contributed by atoms with van der Waals surface area (Å²) in [6.45, 7) is 2.00. The van der Waals surface area contributed by atoms with E-state index in [2.05, 4.69) is 20.8 Å². The molecule has 1 atom stereocenters. The fourth-order valence-corrected chi connectivity index (χ4v) is 3.64. The second-order valence-corrected chi connectivity index (χ2v) is 6.84. The van der Waals surface area contributed by atoms with Crippen molar-refractivity contribution in [3.05, 3.63) is 35.7 Å². The Morgan fingerprint density at radius 3 is 2.77 bits per heavy atom. The lowest BCUT2D eigenvalue weighted by Crippen LogP contribution is -2.30. The van der Waals surface area contributed by atoms with Crippen LogP contribution in [0, 0.1) is 0 Å². The molecule has 26 heavy (non-hydrogen) atoms. The molecule has 1 unspecified atom stereocenters. The SMILES string of the molecule is O=C(NCc1ccc(N2CCCC2=O)cc1)C1CCCCn2nnnc21. The van der Waals surface area contributed by atoms with Crippen LogP contribution in [-0.2, 0) is 22.7 Å². The smallest absolute Gasteiger partial charge is 0.231 e. The Balaban J connectivity index is 1.38. The maximum absolute atomic E-state index is 12.6. The van der Waals surface area contributed by atoms with Crippen LogP contribution in [-0.4, -0.2) is 38.6 Å². The number of fused-ring (bicyclic) bond motifs is 1. The Morgan fingerprint density at radius 2 is 2.00 bits per heavy atom. The van der Waals surface area contributed by atoms with Crippen molar-refractivity contribution in [2.75, 3.05) is 11.4 Å². The van der Waals surface area contributed by atoms with E-state index in [-0.39, 0.29) is 17.7 Å². The summed E-state index contributed by atoms with van der Waals surface area (Å²) in [5.41, 5.74) is 1.92. The number of benzene rings is 1. The first-order valence-electron chi connectivity index (χ1n) is 9.15. The predicted molar refractivity (Wildman–Crippen MR) is 94.3 cm³/mol. The molecule has 8 heteroatoms. The monoisotopic (exact) mass is 354 g/mol. The first kappa shape index (κ1) is 16.7. The average molecular weight is 354 g/mol. The lowest BCUT2D eigenvalue weighted by atomic mass is 10.0. The van der Waals surface area contributed by atoms with Gasteiger partial charge in [0.15, 0.2) is 5.82 Å². The third-order valence-corrected chi connectivity index (χ3v) is 5.09. The number of hydrogen-bond acceptors (Lipinski definition) is 5. The zero-order valence-electron chi connectivity index (χ0n) is 14.6. The van der Waals surface area contributed by atoms with Crippen molar-refractivity contribution < 1.29 is 9.59 Å². The molecule has 1 aromatic heterocycles. The van der Waals surface area contributed by atoms with E-state index >= 15 is 0 Å². The third-order valence-electron chi connectivity index (χ3n) is 5.09. The van der Waals surface area contributed by atoms with Gasteiger partial charge >= 0.3 is 0 Å². The van der Waals surface area contributed by atoms with Crippen LogP contribution in [0.15, 0.2) is 24.3 Å². The van der Waals surface area contributed by atoms with Crippen LogP contribution in [0.5, 0.6) is 0 Å². The number of carbonyl (C=O) groups excluding carboxylic acids is 2. The maximum atomic E-state index is 12.6. The molecule has 0 aliphatic carbocycles. The van der Waals surface area contributed by atoms with Gasteiger partial charge in [0.05, 0.1) is 5.92 Å². The molecule has 0 bridgehead atoms. The number of tetrazole rings is 1. The van der Waals surface area contributed by atoms with Crippen molar-refractivity contribution in [1.29, 1.82) is 0 Å². The zero-order valence-corrected chi connectivity index (χ0v) is 14.6. The molecule has 2 aliphatic rings. The van der Waals surface area contributed by atoms with Gasteiger partial charge in [0.2, 0.25) is 11.8 Å². The number of amides is 2. The highest BCUT2D eigenvalue weighted by Crippen LogP contribution is 2.24. The first-order valence-corrected chi connectivity index (χ1v) is 9.15. The molecule has 3 heterocycles. The van der Waals surface area contributed by atoms with E-state index in [4.69, 9.17) is 0 Å². The molecule has 2 amide bonds. The van der Waals surface area contributed by atoms with E-state index in [1.165, 1.54) is 0 Å². The summed E-state index contributed by atoms with van der Waals surface area (Å²) in [4.78, 5) is 26.3. The van der Waals surface area contributed by atoms with Crippen LogP contribution in [0.2, 0.25) is 0 Å². The molecule has 1 saturated heterocycles. The maximum Gasteiger partial charge on any atom is 0.231 e. The quantitative estimate of drug-likeness (QED) is 0.895. The van der Waals surface area contributed by atoms with Crippen LogP contribution in [0.4, 0.5) is 5.69 Å². The molecular formula is C18H22N6O2. The summed E-state index contributed by atoms with van der Waals surface area (Å²) in [6.07, 6.45) is 4.26. The summed E-state index contributed by atoms with van der Waals surface area (Å²) < 4.78 is 1.74. The Kier molecular flexibility index (Phi) is 4.64. The fraction of sp³-hybridized carbons (Fsp3) is 0.500. The number of aromatic nitrogens is 4. The van der Waals surface area contributed by atoms with Gasteiger partial charge in [-0.05, 0) is 47.4 Å². The number of rotatable bonds is 4. The number of hydrogen-bond donors (Lipinski definition) is 1. The number of nitrogens with zero attached hydrogens (tertiary/aromatic N) is 5. The Hall–Kier alpha value is -2.77. The number of nitrogens with one attached hydrogen (secondary N) is 1. The largest absolute Gasteiger partial charge is 0.351 e. The zero-order chi connectivity index (χ0) is 17.9. The van der Waals surface area contributed by atoms with Crippen molar-refractivity contribution in [3.8, 4) is 0 Å². The lowest BCUT2D eigenvalue weighted by Gasteiger charge is -2.16. The lowest BCUT2D eigenvalue weighted by molar-refractivity contribution is -0.123. The number of aryl methyl sites for hydroxylation is 1. The normalized spacial score (nSPS) is 19.9. The topological polar surface area (TPSA) is 93.0 Å². The van der Waals surface area contributed by atoms with Gasteiger partial charge in [-0.1, -0.05) is 18.6 Å². The Labute approximate surface area is 151 Å². The minimum atomic E-state index is -0.297. The molecule has 0 saturated carbocycles. The molecular weight excluding hydrogens is 332 g/mol. The highest BCUT2D eigenvalue weighted by molar-refractivity contribution is 5.95. The summed E-state index contributed by atoms with van der Waals surface area (Å²) in [7, 11) is 0. The van der Waals surface area contributed by atoms with Crippen LogP contribution >= 0.6 is 0 Å². The van der Waals surface area contributed by atoms with Gasteiger partial charge in [0.25, 0.3) is 0 Å².